The van der Waals surface area contributed by atoms with Gasteiger partial charge < -0.3 is 15.4 Å². The van der Waals surface area contributed by atoms with Crippen LogP contribution in [-0.4, -0.2) is 18.4 Å². The summed E-state index contributed by atoms with van der Waals surface area (Å²) in [6.45, 7) is 2.89. The minimum atomic E-state index is -0.298. The van der Waals surface area contributed by atoms with Crippen molar-refractivity contribution in [3.05, 3.63) is 68.5 Å². The quantitative estimate of drug-likeness (QED) is 0.575. The van der Waals surface area contributed by atoms with Gasteiger partial charge in [-0.2, -0.15) is 0 Å². The summed E-state index contributed by atoms with van der Waals surface area (Å²) in [5, 5.41) is 7.45. The van der Waals surface area contributed by atoms with Crippen LogP contribution in [-0.2, 0) is 6.54 Å². The van der Waals surface area contributed by atoms with Gasteiger partial charge in [0.1, 0.15) is 5.75 Å². The summed E-state index contributed by atoms with van der Waals surface area (Å²) < 4.78 is 5.37. The Hall–Kier alpha value is -2.64. The number of ketones is 1. The van der Waals surface area contributed by atoms with Crippen molar-refractivity contribution in [2.45, 2.75) is 13.5 Å². The van der Waals surface area contributed by atoms with E-state index in [1.165, 1.54) is 22.7 Å². The summed E-state index contributed by atoms with van der Waals surface area (Å²) in [6.07, 6.45) is 0. The van der Waals surface area contributed by atoms with Crippen molar-refractivity contribution >= 4 is 40.2 Å². The molecule has 0 saturated heterocycles. The van der Waals surface area contributed by atoms with Crippen molar-refractivity contribution in [1.29, 1.82) is 0 Å². The molecule has 3 aromatic rings. The fraction of sp³-hybridized carbons (Fsp3) is 0.158. The SMILES string of the molecule is CCOc1ccc(NC(=O)NCc2ccc(C(=O)c3cccs3)s2)cc1. The Morgan fingerprint density at radius 3 is 2.54 bits per heavy atom. The Morgan fingerprint density at radius 1 is 1.04 bits per heavy atom. The lowest BCUT2D eigenvalue weighted by molar-refractivity contribution is 0.104. The van der Waals surface area contributed by atoms with Gasteiger partial charge >= 0.3 is 6.03 Å². The molecular weight excluding hydrogens is 368 g/mol. The van der Waals surface area contributed by atoms with Crippen molar-refractivity contribution in [2.75, 3.05) is 11.9 Å². The van der Waals surface area contributed by atoms with Crippen LogP contribution in [0.5, 0.6) is 5.75 Å². The second kappa shape index (κ2) is 8.64. The number of nitrogens with one attached hydrogen (secondary N) is 2. The Balaban J connectivity index is 1.51. The van der Waals surface area contributed by atoms with E-state index in [0.29, 0.717) is 23.7 Å². The van der Waals surface area contributed by atoms with E-state index in [2.05, 4.69) is 10.6 Å². The van der Waals surface area contributed by atoms with Crippen LogP contribution in [0, 0.1) is 0 Å². The van der Waals surface area contributed by atoms with Crippen LogP contribution in [0.15, 0.2) is 53.9 Å². The van der Waals surface area contributed by atoms with Crippen LogP contribution in [0.2, 0.25) is 0 Å². The molecule has 0 bridgehead atoms. The first-order chi connectivity index (χ1) is 12.7. The fourth-order valence-corrected chi connectivity index (χ4v) is 3.91. The first-order valence-corrected chi connectivity index (χ1v) is 9.80. The van der Waals surface area contributed by atoms with Gasteiger partial charge in [-0.05, 0) is 54.8 Å². The van der Waals surface area contributed by atoms with Crippen LogP contribution in [0.3, 0.4) is 0 Å². The first-order valence-electron chi connectivity index (χ1n) is 8.10. The van der Waals surface area contributed by atoms with Crippen molar-refractivity contribution < 1.29 is 14.3 Å². The third kappa shape index (κ3) is 4.71. The predicted octanol–water partition coefficient (Wildman–Crippen LogP) is 4.76. The second-order valence-corrected chi connectivity index (χ2v) is 7.45. The van der Waals surface area contributed by atoms with Gasteiger partial charge in [0.15, 0.2) is 0 Å². The molecule has 0 spiro atoms. The van der Waals surface area contributed by atoms with Crippen molar-refractivity contribution in [1.82, 2.24) is 5.32 Å². The zero-order valence-electron chi connectivity index (χ0n) is 14.2. The van der Waals surface area contributed by atoms with Crippen LogP contribution in [0.25, 0.3) is 0 Å². The molecule has 7 heteroatoms. The Morgan fingerprint density at radius 2 is 1.85 bits per heavy atom. The van der Waals surface area contributed by atoms with Crippen LogP contribution < -0.4 is 15.4 Å². The van der Waals surface area contributed by atoms with Crippen LogP contribution in [0.4, 0.5) is 10.5 Å². The maximum atomic E-state index is 12.3. The molecule has 0 aliphatic rings. The lowest BCUT2D eigenvalue weighted by Gasteiger charge is -2.08. The average molecular weight is 386 g/mol. The molecule has 0 atom stereocenters. The lowest BCUT2D eigenvalue weighted by atomic mass is 10.3. The zero-order chi connectivity index (χ0) is 18.4. The van der Waals surface area contributed by atoms with E-state index in [1.807, 2.05) is 30.5 Å². The number of anilines is 1. The van der Waals surface area contributed by atoms with E-state index in [1.54, 1.807) is 30.3 Å². The Kier molecular flexibility index (Phi) is 6.04. The number of thiophene rings is 2. The molecule has 0 radical (unpaired) electrons. The summed E-state index contributed by atoms with van der Waals surface area (Å²) in [4.78, 5) is 26.6. The average Bonchev–Trinajstić information content (AvgIpc) is 3.33. The maximum absolute atomic E-state index is 12.3. The highest BCUT2D eigenvalue weighted by Crippen LogP contribution is 2.22. The molecular formula is C19H18N2O3S2. The molecule has 2 amide bonds. The highest BCUT2D eigenvalue weighted by Gasteiger charge is 2.13. The van der Waals surface area contributed by atoms with E-state index in [-0.39, 0.29) is 11.8 Å². The smallest absolute Gasteiger partial charge is 0.319 e. The van der Waals surface area contributed by atoms with E-state index in [0.717, 1.165) is 15.5 Å². The Labute approximate surface area is 159 Å². The van der Waals surface area contributed by atoms with E-state index >= 15 is 0 Å². The van der Waals surface area contributed by atoms with Gasteiger partial charge in [0, 0.05) is 10.6 Å². The third-order valence-electron chi connectivity index (χ3n) is 3.48. The minimum Gasteiger partial charge on any atom is -0.494 e. The topological polar surface area (TPSA) is 67.4 Å². The number of benzene rings is 1. The molecule has 2 aromatic heterocycles. The number of rotatable bonds is 7. The molecule has 26 heavy (non-hydrogen) atoms. The molecule has 5 nitrogen and oxygen atoms in total. The molecule has 2 N–H and O–H groups in total. The number of hydrogen-bond donors (Lipinski definition) is 2. The molecule has 0 aliphatic heterocycles. The highest BCUT2D eigenvalue weighted by molar-refractivity contribution is 7.16. The molecule has 1 aromatic carbocycles. The minimum absolute atomic E-state index is 0.0232. The van der Waals surface area contributed by atoms with Gasteiger partial charge in [-0.15, -0.1) is 22.7 Å². The van der Waals surface area contributed by atoms with E-state index < -0.39 is 0 Å². The first kappa shape index (κ1) is 18.2. The number of carbonyl (C=O) groups is 2. The van der Waals surface area contributed by atoms with Gasteiger partial charge in [0.25, 0.3) is 0 Å². The normalized spacial score (nSPS) is 10.3. The molecule has 2 heterocycles. The number of urea groups is 1. The zero-order valence-corrected chi connectivity index (χ0v) is 15.8. The molecule has 134 valence electrons. The standard InChI is InChI=1S/C19H18N2O3S2/c1-2-24-14-7-5-13(6-8-14)21-19(23)20-12-15-9-10-17(26-15)18(22)16-4-3-11-25-16/h3-11H,2,12H2,1H3,(H2,20,21,23). The summed E-state index contributed by atoms with van der Waals surface area (Å²) >= 11 is 2.82. The largest absolute Gasteiger partial charge is 0.494 e. The molecule has 0 aliphatic carbocycles. The van der Waals surface area contributed by atoms with Gasteiger partial charge in [0.2, 0.25) is 5.78 Å². The summed E-state index contributed by atoms with van der Waals surface area (Å²) in [6, 6.07) is 14.2. The van der Waals surface area contributed by atoms with Crippen molar-refractivity contribution in [2.24, 2.45) is 0 Å². The number of amides is 2. The van der Waals surface area contributed by atoms with E-state index in [4.69, 9.17) is 4.74 Å². The lowest BCUT2D eigenvalue weighted by Crippen LogP contribution is -2.27. The highest BCUT2D eigenvalue weighted by atomic mass is 32.1. The van der Waals surface area contributed by atoms with Crippen LogP contribution >= 0.6 is 22.7 Å². The molecule has 3 rings (SSSR count). The summed E-state index contributed by atoms with van der Waals surface area (Å²) in [5.74, 6) is 0.787. The molecule has 0 unspecified atom stereocenters. The van der Waals surface area contributed by atoms with Gasteiger partial charge in [0.05, 0.1) is 22.9 Å². The number of hydrogen-bond acceptors (Lipinski definition) is 5. The molecule has 0 saturated carbocycles. The van der Waals surface area contributed by atoms with Gasteiger partial charge in [-0.1, -0.05) is 6.07 Å². The predicted molar refractivity (Wildman–Crippen MR) is 106 cm³/mol. The molecule has 0 fully saturated rings. The van der Waals surface area contributed by atoms with Crippen molar-refractivity contribution in [3.63, 3.8) is 0 Å². The second-order valence-electron chi connectivity index (χ2n) is 5.34. The van der Waals surface area contributed by atoms with E-state index in [9.17, 15) is 9.59 Å². The fourth-order valence-electron chi connectivity index (χ4n) is 2.27. The van der Waals surface area contributed by atoms with Gasteiger partial charge in [-0.3, -0.25) is 4.79 Å². The number of carbonyl (C=O) groups excluding carboxylic acids is 2. The Bertz CT molecular complexity index is 871. The van der Waals surface area contributed by atoms with Crippen molar-refractivity contribution in [3.8, 4) is 5.75 Å². The number of ether oxygens (including phenoxy) is 1. The summed E-state index contributed by atoms with van der Waals surface area (Å²) in [7, 11) is 0. The van der Waals surface area contributed by atoms with Crippen LogP contribution in [0.1, 0.15) is 26.3 Å². The summed E-state index contributed by atoms with van der Waals surface area (Å²) in [5.41, 5.74) is 0.686. The monoisotopic (exact) mass is 386 g/mol. The third-order valence-corrected chi connectivity index (χ3v) is 5.43. The van der Waals surface area contributed by atoms with Gasteiger partial charge in [-0.25, -0.2) is 4.79 Å². The maximum Gasteiger partial charge on any atom is 0.319 e.